The van der Waals surface area contributed by atoms with Crippen LogP contribution in [-0.2, 0) is 4.74 Å². The summed E-state index contributed by atoms with van der Waals surface area (Å²) >= 11 is 5.55. The Hall–Kier alpha value is -1.28. The van der Waals surface area contributed by atoms with Gasteiger partial charge in [0.25, 0.3) is 0 Å². The molecule has 0 amide bonds. The number of alkyl halides is 1. The van der Waals surface area contributed by atoms with Crippen molar-refractivity contribution in [3.8, 4) is 0 Å². The number of carbonyl (C=O) groups is 1. The molecule has 0 aliphatic heterocycles. The van der Waals surface area contributed by atoms with Crippen molar-refractivity contribution in [1.82, 2.24) is 0 Å². The second-order valence-electron chi connectivity index (χ2n) is 3.12. The molecule has 0 atom stereocenters. The molecule has 0 spiro atoms. The lowest BCUT2D eigenvalue weighted by Crippen LogP contribution is -2.01. The molecule has 2 nitrogen and oxygen atoms in total. The number of methoxy groups -OCH3 is 1. The maximum Gasteiger partial charge on any atom is 0.337 e. The predicted octanol–water partition coefficient (Wildman–Crippen LogP) is 3.03. The first kappa shape index (κ1) is 11.8. The van der Waals surface area contributed by atoms with Crippen LogP contribution in [0, 0.1) is 6.92 Å². The maximum atomic E-state index is 11.2. The molecule has 0 aromatic heterocycles. The molecular weight excluding hydrogens is 212 g/mol. The summed E-state index contributed by atoms with van der Waals surface area (Å²) in [6, 6.07) is 5.43. The minimum Gasteiger partial charge on any atom is -0.465 e. The second-order valence-corrected chi connectivity index (χ2v) is 3.43. The third-order valence-electron chi connectivity index (χ3n) is 2.08. The van der Waals surface area contributed by atoms with E-state index in [1.54, 1.807) is 12.1 Å². The number of benzene rings is 1. The lowest BCUT2D eigenvalue weighted by Gasteiger charge is -2.03. The molecule has 0 saturated heterocycles. The van der Waals surface area contributed by atoms with Crippen molar-refractivity contribution in [2.75, 3.05) is 13.0 Å². The van der Waals surface area contributed by atoms with Gasteiger partial charge in [0.1, 0.15) is 0 Å². The molecule has 15 heavy (non-hydrogen) atoms. The molecule has 0 aliphatic carbocycles. The van der Waals surface area contributed by atoms with E-state index >= 15 is 0 Å². The Kier molecular flexibility index (Phi) is 4.37. The van der Waals surface area contributed by atoms with Crippen LogP contribution in [0.3, 0.4) is 0 Å². The van der Waals surface area contributed by atoms with Crippen LogP contribution in [0.5, 0.6) is 0 Å². The van der Waals surface area contributed by atoms with Crippen LogP contribution in [0.15, 0.2) is 24.3 Å². The van der Waals surface area contributed by atoms with Crippen LogP contribution in [-0.4, -0.2) is 19.0 Å². The van der Waals surface area contributed by atoms with Crippen LogP contribution < -0.4 is 0 Å². The van der Waals surface area contributed by atoms with Gasteiger partial charge in [0.05, 0.1) is 12.7 Å². The Balaban J connectivity index is 2.98. The molecular formula is C12H13ClO2. The van der Waals surface area contributed by atoms with Crippen LogP contribution in [0.1, 0.15) is 21.5 Å². The topological polar surface area (TPSA) is 26.3 Å². The van der Waals surface area contributed by atoms with E-state index in [-0.39, 0.29) is 5.97 Å². The minimum absolute atomic E-state index is 0.314. The summed E-state index contributed by atoms with van der Waals surface area (Å²) in [5.74, 6) is 0.170. The molecule has 1 aromatic carbocycles. The number of hydrogen-bond donors (Lipinski definition) is 0. The van der Waals surface area contributed by atoms with Crippen molar-refractivity contribution in [2.24, 2.45) is 0 Å². The summed E-state index contributed by atoms with van der Waals surface area (Å²) in [6.45, 7) is 1.94. The number of rotatable bonds is 3. The third-order valence-corrected chi connectivity index (χ3v) is 2.26. The van der Waals surface area contributed by atoms with E-state index in [9.17, 15) is 4.79 Å². The monoisotopic (exact) mass is 224 g/mol. The molecule has 0 N–H and O–H groups in total. The van der Waals surface area contributed by atoms with E-state index in [0.717, 1.165) is 11.1 Å². The van der Waals surface area contributed by atoms with E-state index in [4.69, 9.17) is 11.6 Å². The largest absolute Gasteiger partial charge is 0.465 e. The van der Waals surface area contributed by atoms with Gasteiger partial charge in [-0.1, -0.05) is 18.2 Å². The van der Waals surface area contributed by atoms with Gasteiger partial charge in [-0.2, -0.15) is 0 Å². The van der Waals surface area contributed by atoms with Gasteiger partial charge in [-0.25, -0.2) is 4.79 Å². The Morgan fingerprint density at radius 3 is 2.80 bits per heavy atom. The number of allylic oxidation sites excluding steroid dienone is 1. The zero-order valence-corrected chi connectivity index (χ0v) is 9.54. The highest BCUT2D eigenvalue weighted by atomic mass is 35.5. The van der Waals surface area contributed by atoms with Crippen molar-refractivity contribution < 1.29 is 9.53 Å². The van der Waals surface area contributed by atoms with Gasteiger partial charge in [0, 0.05) is 5.88 Å². The fraction of sp³-hybridized carbons (Fsp3) is 0.250. The van der Waals surface area contributed by atoms with Crippen LogP contribution in [0.4, 0.5) is 0 Å². The average Bonchev–Trinajstić information content (AvgIpc) is 2.26. The molecule has 0 bridgehead atoms. The highest BCUT2D eigenvalue weighted by molar-refractivity contribution is 6.19. The first-order valence-electron chi connectivity index (χ1n) is 4.60. The molecule has 0 unspecified atom stereocenters. The lowest BCUT2D eigenvalue weighted by atomic mass is 10.0. The van der Waals surface area contributed by atoms with Gasteiger partial charge >= 0.3 is 5.97 Å². The smallest absolute Gasteiger partial charge is 0.337 e. The lowest BCUT2D eigenvalue weighted by molar-refractivity contribution is 0.0600. The number of esters is 1. The van der Waals surface area contributed by atoms with E-state index < -0.39 is 0 Å². The van der Waals surface area contributed by atoms with Crippen molar-refractivity contribution in [1.29, 1.82) is 0 Å². The Morgan fingerprint density at radius 1 is 1.53 bits per heavy atom. The SMILES string of the molecule is COC(=O)c1ccc(C=CCCl)c(C)c1. The molecule has 0 saturated carbocycles. The van der Waals surface area contributed by atoms with E-state index in [0.29, 0.717) is 11.4 Å². The van der Waals surface area contributed by atoms with Gasteiger partial charge in [-0.05, 0) is 30.2 Å². The molecule has 0 radical (unpaired) electrons. The van der Waals surface area contributed by atoms with Gasteiger partial charge < -0.3 is 4.74 Å². The fourth-order valence-corrected chi connectivity index (χ4v) is 1.37. The zero-order valence-electron chi connectivity index (χ0n) is 8.79. The average molecular weight is 225 g/mol. The normalized spacial score (nSPS) is 10.6. The van der Waals surface area contributed by atoms with Gasteiger partial charge in [-0.3, -0.25) is 0 Å². The highest BCUT2D eigenvalue weighted by Crippen LogP contribution is 2.13. The highest BCUT2D eigenvalue weighted by Gasteiger charge is 2.05. The summed E-state index contributed by atoms with van der Waals surface area (Å²) < 4.78 is 4.63. The molecule has 80 valence electrons. The van der Waals surface area contributed by atoms with E-state index in [1.807, 2.05) is 25.1 Å². The number of halogens is 1. The number of carbonyl (C=O) groups excluding carboxylic acids is 1. The molecule has 1 aromatic rings. The Morgan fingerprint density at radius 2 is 2.27 bits per heavy atom. The number of aryl methyl sites for hydroxylation is 1. The number of hydrogen-bond acceptors (Lipinski definition) is 2. The van der Waals surface area contributed by atoms with Gasteiger partial charge in [0.15, 0.2) is 0 Å². The van der Waals surface area contributed by atoms with E-state index in [1.165, 1.54) is 7.11 Å². The Labute approximate surface area is 94.5 Å². The van der Waals surface area contributed by atoms with Crippen molar-refractivity contribution in [3.63, 3.8) is 0 Å². The van der Waals surface area contributed by atoms with Crippen LogP contribution in [0.2, 0.25) is 0 Å². The minimum atomic E-state index is -0.314. The van der Waals surface area contributed by atoms with Crippen molar-refractivity contribution >= 4 is 23.6 Å². The molecule has 0 fully saturated rings. The second kappa shape index (κ2) is 5.56. The molecule has 3 heteroatoms. The summed E-state index contributed by atoms with van der Waals surface area (Å²) in [5, 5.41) is 0. The molecule has 0 heterocycles. The molecule has 0 aliphatic rings. The summed E-state index contributed by atoms with van der Waals surface area (Å²) in [6.07, 6.45) is 3.80. The predicted molar refractivity (Wildman–Crippen MR) is 62.3 cm³/mol. The fourth-order valence-electron chi connectivity index (χ4n) is 1.28. The summed E-state index contributed by atoms with van der Waals surface area (Å²) in [4.78, 5) is 11.2. The number of ether oxygens (including phenoxy) is 1. The first-order chi connectivity index (χ1) is 7.19. The quantitative estimate of drug-likeness (QED) is 0.583. The zero-order chi connectivity index (χ0) is 11.3. The third kappa shape index (κ3) is 3.10. The van der Waals surface area contributed by atoms with E-state index in [2.05, 4.69) is 4.74 Å². The Bertz CT molecular complexity index is 383. The standard InChI is InChI=1S/C12H13ClO2/c1-9-8-11(12(14)15-2)6-5-10(9)4-3-7-13/h3-6,8H,7H2,1-2H3. The maximum absolute atomic E-state index is 11.2. The molecule has 1 rings (SSSR count). The summed E-state index contributed by atoms with van der Waals surface area (Å²) in [5.41, 5.74) is 2.65. The van der Waals surface area contributed by atoms with Crippen LogP contribution >= 0.6 is 11.6 Å². The van der Waals surface area contributed by atoms with Crippen molar-refractivity contribution in [3.05, 3.63) is 41.0 Å². The van der Waals surface area contributed by atoms with Gasteiger partial charge in [0.2, 0.25) is 0 Å². The van der Waals surface area contributed by atoms with Crippen molar-refractivity contribution in [2.45, 2.75) is 6.92 Å². The van der Waals surface area contributed by atoms with Gasteiger partial charge in [-0.15, -0.1) is 11.6 Å². The summed E-state index contributed by atoms with van der Waals surface area (Å²) in [7, 11) is 1.37. The van der Waals surface area contributed by atoms with Crippen LogP contribution in [0.25, 0.3) is 6.08 Å². The first-order valence-corrected chi connectivity index (χ1v) is 5.14.